The van der Waals surface area contributed by atoms with E-state index in [1.54, 1.807) is 12.3 Å². The van der Waals surface area contributed by atoms with E-state index in [-0.39, 0.29) is 5.91 Å². The van der Waals surface area contributed by atoms with E-state index in [4.69, 9.17) is 10.3 Å². The molecule has 100 valence electrons. The summed E-state index contributed by atoms with van der Waals surface area (Å²) in [6.45, 7) is 5.08. The maximum Gasteiger partial charge on any atom is 0.268 e. The average molecular weight is 251 g/mol. The zero-order chi connectivity index (χ0) is 13.0. The van der Waals surface area contributed by atoms with Crippen LogP contribution in [-0.2, 0) is 6.54 Å². The molecule has 2 rings (SSSR count). The number of hydrogen-bond acceptors (Lipinski definition) is 4. The van der Waals surface area contributed by atoms with Crippen LogP contribution in [0.2, 0.25) is 0 Å². The second kappa shape index (κ2) is 6.02. The van der Waals surface area contributed by atoms with Crippen LogP contribution < -0.4 is 11.3 Å². The summed E-state index contributed by atoms with van der Waals surface area (Å²) in [6.07, 6.45) is 5.26. The highest BCUT2D eigenvalue weighted by atomic mass is 16.3. The highest BCUT2D eigenvalue weighted by molar-refractivity contribution is 5.94. The van der Waals surface area contributed by atoms with Gasteiger partial charge in [-0.15, -0.1) is 0 Å². The number of carbonyl (C=O) groups excluding carboxylic acids is 1. The number of rotatable bonds is 4. The molecular weight excluding hydrogens is 230 g/mol. The first-order valence-electron chi connectivity index (χ1n) is 6.54. The van der Waals surface area contributed by atoms with E-state index in [0.29, 0.717) is 17.9 Å². The molecule has 1 aliphatic rings. The van der Waals surface area contributed by atoms with Gasteiger partial charge in [0.05, 0.1) is 18.4 Å². The van der Waals surface area contributed by atoms with Gasteiger partial charge >= 0.3 is 0 Å². The maximum atomic E-state index is 11.5. The zero-order valence-electron chi connectivity index (χ0n) is 10.8. The lowest BCUT2D eigenvalue weighted by molar-refractivity contribution is 0.0948. The van der Waals surface area contributed by atoms with Crippen LogP contribution in [0.15, 0.2) is 16.7 Å². The summed E-state index contributed by atoms with van der Waals surface area (Å²) >= 11 is 0. The van der Waals surface area contributed by atoms with Crippen LogP contribution in [0.5, 0.6) is 0 Å². The first kappa shape index (κ1) is 13.1. The Morgan fingerprint density at radius 3 is 2.89 bits per heavy atom. The van der Waals surface area contributed by atoms with Crippen molar-refractivity contribution in [3.8, 4) is 0 Å². The fourth-order valence-corrected chi connectivity index (χ4v) is 2.50. The molecule has 0 radical (unpaired) electrons. The number of piperidine rings is 1. The van der Waals surface area contributed by atoms with Gasteiger partial charge in [-0.2, -0.15) is 0 Å². The third-order valence-electron chi connectivity index (χ3n) is 3.77. The third-order valence-corrected chi connectivity index (χ3v) is 3.77. The van der Waals surface area contributed by atoms with Gasteiger partial charge in [0.15, 0.2) is 0 Å². The Labute approximate surface area is 107 Å². The van der Waals surface area contributed by atoms with E-state index < -0.39 is 0 Å². The minimum atomic E-state index is -0.290. The van der Waals surface area contributed by atoms with E-state index in [0.717, 1.165) is 19.0 Å². The first-order chi connectivity index (χ1) is 8.74. The number of nitrogen functional groups attached to an aromatic ring is 1. The van der Waals surface area contributed by atoms with Crippen LogP contribution in [0.3, 0.4) is 0 Å². The zero-order valence-corrected chi connectivity index (χ0v) is 10.8. The predicted molar refractivity (Wildman–Crippen MR) is 68.7 cm³/mol. The molecule has 0 aromatic carbocycles. The fourth-order valence-electron chi connectivity index (χ4n) is 2.50. The number of hydrazine groups is 1. The van der Waals surface area contributed by atoms with Gasteiger partial charge in [-0.05, 0) is 37.9 Å². The number of nitrogens with zero attached hydrogens (tertiary/aromatic N) is 1. The second-order valence-corrected chi connectivity index (χ2v) is 4.86. The Morgan fingerprint density at radius 1 is 1.56 bits per heavy atom. The Morgan fingerprint density at radius 2 is 2.28 bits per heavy atom. The molecule has 5 heteroatoms. The average Bonchev–Trinajstić information content (AvgIpc) is 2.87. The Balaban J connectivity index is 1.94. The molecule has 0 bridgehead atoms. The van der Waals surface area contributed by atoms with Crippen molar-refractivity contribution in [3.63, 3.8) is 0 Å². The van der Waals surface area contributed by atoms with Crippen molar-refractivity contribution in [1.82, 2.24) is 10.3 Å². The molecule has 0 unspecified atom stereocenters. The molecule has 1 saturated heterocycles. The third kappa shape index (κ3) is 2.91. The minimum absolute atomic E-state index is 0.290. The molecule has 0 aliphatic carbocycles. The van der Waals surface area contributed by atoms with E-state index in [9.17, 15) is 4.79 Å². The van der Waals surface area contributed by atoms with E-state index in [2.05, 4.69) is 17.2 Å². The van der Waals surface area contributed by atoms with E-state index in [1.165, 1.54) is 19.3 Å². The molecule has 0 saturated carbocycles. The molecule has 1 fully saturated rings. The molecule has 18 heavy (non-hydrogen) atoms. The monoisotopic (exact) mass is 251 g/mol. The van der Waals surface area contributed by atoms with Crippen molar-refractivity contribution >= 4 is 5.91 Å². The normalized spacial score (nSPS) is 17.9. The minimum Gasteiger partial charge on any atom is -0.467 e. The summed E-state index contributed by atoms with van der Waals surface area (Å²) in [5, 5.41) is 0. The van der Waals surface area contributed by atoms with Gasteiger partial charge in [-0.25, -0.2) is 5.84 Å². The van der Waals surface area contributed by atoms with E-state index >= 15 is 0 Å². The van der Waals surface area contributed by atoms with Crippen LogP contribution in [0.25, 0.3) is 0 Å². The van der Waals surface area contributed by atoms with Crippen LogP contribution in [-0.4, -0.2) is 23.9 Å². The maximum absolute atomic E-state index is 11.5. The number of nitrogens with two attached hydrogens (primary N) is 1. The topological polar surface area (TPSA) is 71.5 Å². The molecule has 3 N–H and O–H groups in total. The van der Waals surface area contributed by atoms with E-state index in [1.807, 2.05) is 0 Å². The fraction of sp³-hybridized carbons (Fsp3) is 0.615. The SMILES string of the molecule is CCC1CCN(Cc2occc2C(=O)NN)CC1. The molecule has 1 aromatic rings. The van der Waals surface area contributed by atoms with Gasteiger partial charge in [0.1, 0.15) is 5.76 Å². The van der Waals surface area contributed by atoms with Crippen molar-refractivity contribution in [2.24, 2.45) is 11.8 Å². The number of hydrogen-bond donors (Lipinski definition) is 2. The Kier molecular flexibility index (Phi) is 4.38. The highest BCUT2D eigenvalue weighted by Gasteiger charge is 2.21. The van der Waals surface area contributed by atoms with Crippen molar-refractivity contribution in [2.75, 3.05) is 13.1 Å². The molecule has 2 heterocycles. The van der Waals surface area contributed by atoms with Crippen LogP contribution in [0.4, 0.5) is 0 Å². The standard InChI is InChI=1S/C13H21N3O2/c1-2-10-3-6-16(7-4-10)9-12-11(5-8-18-12)13(17)15-14/h5,8,10H,2-4,6-7,9,14H2,1H3,(H,15,17). The van der Waals surface area contributed by atoms with Gasteiger partial charge in [0.25, 0.3) is 5.91 Å². The largest absolute Gasteiger partial charge is 0.467 e. The molecule has 1 aliphatic heterocycles. The van der Waals surface area contributed by atoms with Gasteiger partial charge < -0.3 is 4.42 Å². The molecule has 0 atom stereocenters. The molecule has 1 aromatic heterocycles. The second-order valence-electron chi connectivity index (χ2n) is 4.86. The number of amides is 1. The summed E-state index contributed by atoms with van der Waals surface area (Å²) in [6, 6.07) is 1.66. The van der Waals surface area contributed by atoms with Crippen LogP contribution in [0.1, 0.15) is 42.3 Å². The first-order valence-corrected chi connectivity index (χ1v) is 6.54. The smallest absolute Gasteiger partial charge is 0.268 e. The Bertz CT molecular complexity index is 395. The van der Waals surface area contributed by atoms with Crippen LogP contribution >= 0.6 is 0 Å². The number of nitrogens with one attached hydrogen (secondary N) is 1. The lowest BCUT2D eigenvalue weighted by Crippen LogP contribution is -2.34. The summed E-state index contributed by atoms with van der Waals surface area (Å²) in [5.74, 6) is 6.41. The Hall–Kier alpha value is -1.33. The number of carbonyl (C=O) groups is 1. The van der Waals surface area contributed by atoms with Crippen molar-refractivity contribution in [2.45, 2.75) is 32.7 Å². The summed E-state index contributed by atoms with van der Waals surface area (Å²) in [5.41, 5.74) is 2.68. The van der Waals surface area contributed by atoms with Gasteiger partial charge in [-0.1, -0.05) is 13.3 Å². The molecular formula is C13H21N3O2. The molecule has 5 nitrogen and oxygen atoms in total. The van der Waals surface area contributed by atoms with Crippen molar-refractivity contribution < 1.29 is 9.21 Å². The quantitative estimate of drug-likeness (QED) is 0.483. The van der Waals surface area contributed by atoms with Crippen molar-refractivity contribution in [3.05, 3.63) is 23.7 Å². The number of furan rings is 1. The molecule has 1 amide bonds. The van der Waals surface area contributed by atoms with Crippen LogP contribution in [0, 0.1) is 5.92 Å². The summed E-state index contributed by atoms with van der Waals surface area (Å²) in [7, 11) is 0. The van der Waals surface area contributed by atoms with Gasteiger partial charge in [0.2, 0.25) is 0 Å². The summed E-state index contributed by atoms with van der Waals surface area (Å²) < 4.78 is 5.39. The number of likely N-dealkylation sites (tertiary alicyclic amines) is 1. The lowest BCUT2D eigenvalue weighted by atomic mass is 9.94. The molecule has 0 spiro atoms. The van der Waals surface area contributed by atoms with Gasteiger partial charge in [-0.3, -0.25) is 15.1 Å². The van der Waals surface area contributed by atoms with Gasteiger partial charge in [0, 0.05) is 0 Å². The van der Waals surface area contributed by atoms with Crippen molar-refractivity contribution in [1.29, 1.82) is 0 Å². The highest BCUT2D eigenvalue weighted by Crippen LogP contribution is 2.22. The summed E-state index contributed by atoms with van der Waals surface area (Å²) in [4.78, 5) is 13.9. The predicted octanol–water partition coefficient (Wildman–Crippen LogP) is 1.51. The lowest BCUT2D eigenvalue weighted by Gasteiger charge is -2.30.